The van der Waals surface area contributed by atoms with E-state index in [4.69, 9.17) is 4.74 Å². The molecule has 0 spiro atoms. The van der Waals surface area contributed by atoms with Crippen molar-refractivity contribution in [3.8, 4) is 0 Å². The van der Waals surface area contributed by atoms with Crippen LogP contribution in [0, 0.1) is 21.4 Å². The Hall–Kier alpha value is -2.13. The molecule has 0 unspecified atom stereocenters. The maximum absolute atomic E-state index is 12.9. The van der Waals surface area contributed by atoms with Crippen LogP contribution < -0.4 is 0 Å². The fourth-order valence-corrected chi connectivity index (χ4v) is 4.04. The first-order valence-electron chi connectivity index (χ1n) is 7.82. The third-order valence-corrected chi connectivity index (χ3v) is 5.78. The Kier molecular flexibility index (Phi) is 4.70. The zero-order valence-corrected chi connectivity index (χ0v) is 14.5. The molecule has 0 bridgehead atoms. The van der Waals surface area contributed by atoms with Gasteiger partial charge >= 0.3 is 5.97 Å². The number of thioether (sulfide) groups is 1. The molecule has 1 amide bonds. The minimum Gasteiger partial charge on any atom is -0.481 e. The van der Waals surface area contributed by atoms with Gasteiger partial charge in [0.15, 0.2) is 0 Å². The van der Waals surface area contributed by atoms with Crippen molar-refractivity contribution < 1.29 is 24.4 Å². The van der Waals surface area contributed by atoms with Crippen LogP contribution in [0.25, 0.3) is 0 Å². The van der Waals surface area contributed by atoms with Crippen LogP contribution in [0.2, 0.25) is 0 Å². The number of carbonyl (C=O) groups is 2. The number of nitro groups is 1. The summed E-state index contributed by atoms with van der Waals surface area (Å²) in [6, 6.07) is 4.41. The molecular weight excluding hydrogens is 348 g/mol. The molecule has 8 nitrogen and oxygen atoms in total. The van der Waals surface area contributed by atoms with Crippen molar-refractivity contribution in [2.45, 2.75) is 11.3 Å². The number of rotatable bonds is 4. The van der Waals surface area contributed by atoms with E-state index in [9.17, 15) is 24.8 Å². The zero-order chi connectivity index (χ0) is 18.2. The lowest BCUT2D eigenvalue weighted by Gasteiger charge is -2.33. The maximum atomic E-state index is 12.9. The SMILES string of the molecule is CSc1ccc([N+](=O)[O-])c(C(=O)N2C[C@H]3COCC[C@@]3(C(=O)O)C2)c1. The number of benzene rings is 1. The second-order valence-electron chi connectivity index (χ2n) is 6.31. The van der Waals surface area contributed by atoms with Gasteiger partial charge in [-0.15, -0.1) is 11.8 Å². The van der Waals surface area contributed by atoms with Crippen LogP contribution in [-0.2, 0) is 9.53 Å². The van der Waals surface area contributed by atoms with Gasteiger partial charge in [-0.3, -0.25) is 19.7 Å². The molecule has 1 N–H and O–H groups in total. The lowest BCUT2D eigenvalue weighted by Crippen LogP contribution is -2.45. The Morgan fingerprint density at radius 1 is 1.48 bits per heavy atom. The smallest absolute Gasteiger partial charge is 0.311 e. The van der Waals surface area contributed by atoms with Crippen molar-refractivity contribution >= 4 is 29.3 Å². The van der Waals surface area contributed by atoms with Crippen LogP contribution in [0.15, 0.2) is 23.1 Å². The molecule has 0 aliphatic carbocycles. The van der Waals surface area contributed by atoms with Gasteiger partial charge in [-0.2, -0.15) is 0 Å². The molecule has 134 valence electrons. The summed E-state index contributed by atoms with van der Waals surface area (Å²) in [5.41, 5.74) is -1.30. The quantitative estimate of drug-likeness (QED) is 0.492. The number of carboxylic acids is 1. The van der Waals surface area contributed by atoms with Gasteiger partial charge in [-0.25, -0.2) is 0 Å². The van der Waals surface area contributed by atoms with Crippen LogP contribution >= 0.6 is 11.8 Å². The molecule has 1 aromatic rings. The van der Waals surface area contributed by atoms with E-state index in [0.717, 1.165) is 4.90 Å². The Balaban J connectivity index is 1.94. The highest BCUT2D eigenvalue weighted by molar-refractivity contribution is 7.98. The highest BCUT2D eigenvalue weighted by Crippen LogP contribution is 2.43. The lowest BCUT2D eigenvalue weighted by molar-refractivity contribution is -0.385. The third kappa shape index (κ3) is 2.98. The number of likely N-dealkylation sites (tertiary alicyclic amines) is 1. The normalized spacial score (nSPS) is 25.5. The molecule has 25 heavy (non-hydrogen) atoms. The van der Waals surface area contributed by atoms with Gasteiger partial charge in [0.05, 0.1) is 16.9 Å². The summed E-state index contributed by atoms with van der Waals surface area (Å²) in [5.74, 6) is -1.74. The number of amides is 1. The number of hydrogen-bond acceptors (Lipinski definition) is 6. The van der Waals surface area contributed by atoms with Crippen molar-refractivity contribution in [2.24, 2.45) is 11.3 Å². The van der Waals surface area contributed by atoms with E-state index in [1.807, 2.05) is 6.26 Å². The Bertz CT molecular complexity index is 739. The second-order valence-corrected chi connectivity index (χ2v) is 7.19. The minimum atomic E-state index is -1.03. The first kappa shape index (κ1) is 17.7. The number of nitrogens with zero attached hydrogens (tertiary/aromatic N) is 2. The molecule has 2 aliphatic heterocycles. The van der Waals surface area contributed by atoms with Crippen molar-refractivity contribution in [2.75, 3.05) is 32.6 Å². The molecule has 0 saturated carbocycles. The molecule has 9 heteroatoms. The van der Waals surface area contributed by atoms with Crippen molar-refractivity contribution in [3.63, 3.8) is 0 Å². The average Bonchev–Trinajstić information content (AvgIpc) is 3.01. The van der Waals surface area contributed by atoms with E-state index in [1.54, 1.807) is 6.07 Å². The first-order chi connectivity index (χ1) is 11.9. The first-order valence-corrected chi connectivity index (χ1v) is 9.04. The predicted molar refractivity (Wildman–Crippen MR) is 89.8 cm³/mol. The monoisotopic (exact) mass is 366 g/mol. The molecule has 0 radical (unpaired) electrons. The van der Waals surface area contributed by atoms with Crippen molar-refractivity contribution in [1.29, 1.82) is 0 Å². The standard InChI is InChI=1S/C16H18N2O6S/c1-25-11-2-3-13(18(22)23)12(6-11)14(19)17-7-10-8-24-5-4-16(10,9-17)15(20)21/h2-3,6,10H,4-5,7-9H2,1H3,(H,20,21)/t10-,16+/m0/s1. The van der Waals surface area contributed by atoms with E-state index in [-0.39, 0.29) is 36.9 Å². The van der Waals surface area contributed by atoms with Crippen LogP contribution in [0.5, 0.6) is 0 Å². The van der Waals surface area contributed by atoms with E-state index < -0.39 is 22.2 Å². The van der Waals surface area contributed by atoms with Gasteiger partial charge in [-0.1, -0.05) is 0 Å². The van der Waals surface area contributed by atoms with Crippen LogP contribution in [0.3, 0.4) is 0 Å². The summed E-state index contributed by atoms with van der Waals surface area (Å²) in [6.07, 6.45) is 2.15. The summed E-state index contributed by atoms with van der Waals surface area (Å²) >= 11 is 1.38. The number of carboxylic acid groups (broad SMARTS) is 1. The van der Waals surface area contributed by atoms with Crippen LogP contribution in [0.4, 0.5) is 5.69 Å². The Morgan fingerprint density at radius 2 is 2.24 bits per heavy atom. The van der Waals surface area contributed by atoms with E-state index in [2.05, 4.69) is 0 Å². The molecule has 2 fully saturated rings. The number of hydrogen-bond donors (Lipinski definition) is 1. The summed E-state index contributed by atoms with van der Waals surface area (Å²) in [7, 11) is 0. The fraction of sp³-hybridized carbons (Fsp3) is 0.500. The summed E-state index contributed by atoms with van der Waals surface area (Å²) in [6.45, 7) is 0.900. The Morgan fingerprint density at radius 3 is 2.84 bits per heavy atom. The number of aliphatic carboxylic acids is 1. The van der Waals surface area contributed by atoms with E-state index >= 15 is 0 Å². The van der Waals surface area contributed by atoms with Crippen LogP contribution in [0.1, 0.15) is 16.8 Å². The number of ether oxygens (including phenoxy) is 1. The topological polar surface area (TPSA) is 110 Å². The molecule has 2 atom stereocenters. The van der Waals surface area contributed by atoms with Gasteiger partial charge in [0.1, 0.15) is 5.56 Å². The van der Waals surface area contributed by atoms with Gasteiger partial charge in [0.2, 0.25) is 0 Å². The largest absolute Gasteiger partial charge is 0.481 e. The average molecular weight is 366 g/mol. The van der Waals surface area contributed by atoms with Crippen LogP contribution in [-0.4, -0.2) is 59.4 Å². The molecule has 0 aromatic heterocycles. The summed E-state index contributed by atoms with van der Waals surface area (Å²) in [5, 5.41) is 21.0. The maximum Gasteiger partial charge on any atom is 0.311 e. The number of nitro benzene ring substituents is 1. The second kappa shape index (κ2) is 6.64. The fourth-order valence-electron chi connectivity index (χ4n) is 3.60. The predicted octanol–water partition coefficient (Wildman–Crippen LogP) is 1.88. The molecular formula is C16H18N2O6S. The molecule has 2 aliphatic rings. The number of carbonyl (C=O) groups excluding carboxylic acids is 1. The molecule has 1 aromatic carbocycles. The third-order valence-electron chi connectivity index (χ3n) is 5.05. The van der Waals surface area contributed by atoms with Gasteiger partial charge in [0, 0.05) is 36.6 Å². The Labute approximate surface area is 148 Å². The van der Waals surface area contributed by atoms with E-state index in [1.165, 1.54) is 28.8 Å². The summed E-state index contributed by atoms with van der Waals surface area (Å²) < 4.78 is 5.38. The molecule has 2 saturated heterocycles. The molecule has 3 rings (SSSR count). The van der Waals surface area contributed by atoms with Gasteiger partial charge in [-0.05, 0) is 24.8 Å². The van der Waals surface area contributed by atoms with Crippen molar-refractivity contribution in [3.05, 3.63) is 33.9 Å². The van der Waals surface area contributed by atoms with Gasteiger partial charge < -0.3 is 14.7 Å². The minimum absolute atomic E-state index is 0.00282. The zero-order valence-electron chi connectivity index (χ0n) is 13.6. The van der Waals surface area contributed by atoms with Crippen molar-refractivity contribution in [1.82, 2.24) is 4.90 Å². The van der Waals surface area contributed by atoms with Gasteiger partial charge in [0.25, 0.3) is 11.6 Å². The molecule has 2 heterocycles. The number of fused-ring (bicyclic) bond motifs is 1. The summed E-state index contributed by atoms with van der Waals surface area (Å²) in [4.78, 5) is 37.6. The lowest BCUT2D eigenvalue weighted by atomic mass is 9.74. The highest BCUT2D eigenvalue weighted by Gasteiger charge is 2.55. The van der Waals surface area contributed by atoms with E-state index in [0.29, 0.717) is 13.0 Å². The highest BCUT2D eigenvalue weighted by atomic mass is 32.2.